The molecule has 0 bridgehead atoms. The Kier molecular flexibility index (Phi) is 2.78. The summed E-state index contributed by atoms with van der Waals surface area (Å²) in [5, 5.41) is 44.1. The molecule has 6 rings (SSSR count). The van der Waals surface area contributed by atoms with Gasteiger partial charge in [0, 0.05) is 0 Å². The van der Waals surface area contributed by atoms with Crippen LogP contribution in [0.25, 0.3) is 10.8 Å². The predicted octanol–water partition coefficient (Wildman–Crippen LogP) is -0.589. The highest BCUT2D eigenvalue weighted by Gasteiger charge is 2.96. The van der Waals surface area contributed by atoms with E-state index >= 15 is 0 Å². The highest BCUT2D eigenvalue weighted by molar-refractivity contribution is 6.04. The van der Waals surface area contributed by atoms with E-state index in [1.807, 2.05) is 12.1 Å². The first kappa shape index (κ1) is 16.5. The second kappa shape index (κ2) is 4.73. The largest absolute Gasteiger partial charge is 0.446 e. The highest BCUT2D eigenvalue weighted by Crippen LogP contribution is 2.67. The first-order valence-electron chi connectivity index (χ1n) is 8.94. The zero-order valence-corrected chi connectivity index (χ0v) is 14.4. The third-order valence-electron chi connectivity index (χ3n) is 6.36. The highest BCUT2D eigenvalue weighted by atomic mass is 16.8. The predicted molar refractivity (Wildman–Crippen MR) is 92.7 cm³/mol. The molecule has 2 aromatic carbocycles. The maximum Gasteiger partial charge on any atom is 0.320 e. The number of ketones is 1. The molecule has 4 aliphatic rings. The van der Waals surface area contributed by atoms with E-state index < -0.39 is 47.2 Å². The molecule has 2 aromatic rings. The van der Waals surface area contributed by atoms with E-state index in [0.717, 1.165) is 11.5 Å². The molecule has 6 atom stereocenters. The Labute approximate surface area is 158 Å². The van der Waals surface area contributed by atoms with E-state index in [2.05, 4.69) is 0 Å². The van der Waals surface area contributed by atoms with Crippen molar-refractivity contribution in [2.45, 2.75) is 41.4 Å². The van der Waals surface area contributed by atoms with Crippen LogP contribution in [0.3, 0.4) is 0 Å². The van der Waals surface area contributed by atoms with Gasteiger partial charge in [-0.1, -0.05) is 24.3 Å². The van der Waals surface area contributed by atoms with Gasteiger partial charge in [-0.3, -0.25) is 4.79 Å². The van der Waals surface area contributed by atoms with E-state index in [1.165, 1.54) is 6.08 Å². The molecule has 2 heterocycles. The Bertz CT molecular complexity index is 1040. The number of aliphatic hydroxyl groups excluding tert-OH is 4. The normalized spacial score (nSPS) is 41.8. The monoisotopic (exact) mass is 384 g/mol. The minimum atomic E-state index is -2.18. The number of hydrogen-bond acceptors (Lipinski definition) is 8. The SMILES string of the molecule is O=C1C=C[C@H](O)C23O[C@@]12C1(Oc2cccc4cccc(c24)O1)[C@H](O)[C@@H](O)[C@@H]3O. The van der Waals surface area contributed by atoms with Crippen molar-refractivity contribution >= 4 is 16.6 Å². The van der Waals surface area contributed by atoms with Crippen molar-refractivity contribution < 1.29 is 39.4 Å². The van der Waals surface area contributed by atoms with Gasteiger partial charge in [0.25, 0.3) is 0 Å². The number of carbonyl (C=O) groups excluding carboxylic acids is 1. The minimum absolute atomic E-state index is 0.331. The molecule has 2 aliphatic heterocycles. The third-order valence-corrected chi connectivity index (χ3v) is 6.36. The molecule has 2 fully saturated rings. The summed E-state index contributed by atoms with van der Waals surface area (Å²) < 4.78 is 17.8. The number of ether oxygens (including phenoxy) is 3. The molecule has 8 nitrogen and oxygen atoms in total. The summed E-state index contributed by atoms with van der Waals surface area (Å²) in [7, 11) is 0. The van der Waals surface area contributed by atoms with Crippen LogP contribution < -0.4 is 9.47 Å². The molecule has 1 saturated heterocycles. The molecular weight excluding hydrogens is 368 g/mol. The van der Waals surface area contributed by atoms with Crippen molar-refractivity contribution in [3.8, 4) is 11.5 Å². The fourth-order valence-electron chi connectivity index (χ4n) is 5.05. The number of carbonyl (C=O) groups is 1. The van der Waals surface area contributed by atoms with E-state index in [-0.39, 0.29) is 0 Å². The molecule has 1 saturated carbocycles. The van der Waals surface area contributed by atoms with Crippen LogP contribution >= 0.6 is 0 Å². The zero-order valence-electron chi connectivity index (χ0n) is 14.4. The molecular formula is C20H16O8. The van der Waals surface area contributed by atoms with Gasteiger partial charge in [-0.25, -0.2) is 0 Å². The molecule has 1 spiro atoms. The molecule has 0 radical (unpaired) electrons. The minimum Gasteiger partial charge on any atom is -0.446 e. The van der Waals surface area contributed by atoms with Gasteiger partial charge in [0.05, 0.1) is 5.39 Å². The fourth-order valence-corrected chi connectivity index (χ4v) is 5.05. The average Bonchev–Trinajstić information content (AvgIpc) is 3.44. The third kappa shape index (κ3) is 1.45. The number of hydrogen-bond donors (Lipinski definition) is 4. The van der Waals surface area contributed by atoms with Crippen LogP contribution in [0.4, 0.5) is 0 Å². The van der Waals surface area contributed by atoms with Crippen LogP contribution in [0.5, 0.6) is 11.5 Å². The van der Waals surface area contributed by atoms with Gasteiger partial charge >= 0.3 is 5.79 Å². The van der Waals surface area contributed by atoms with Crippen molar-refractivity contribution in [1.29, 1.82) is 0 Å². The van der Waals surface area contributed by atoms with Crippen molar-refractivity contribution in [2.24, 2.45) is 0 Å². The molecule has 1 unspecified atom stereocenters. The lowest BCUT2D eigenvalue weighted by Crippen LogP contribution is -2.79. The van der Waals surface area contributed by atoms with Gasteiger partial charge in [-0.15, -0.1) is 0 Å². The van der Waals surface area contributed by atoms with Gasteiger partial charge < -0.3 is 34.6 Å². The zero-order chi connectivity index (χ0) is 19.5. The van der Waals surface area contributed by atoms with Crippen LogP contribution in [0.2, 0.25) is 0 Å². The Balaban J connectivity index is 1.63. The Hall–Kier alpha value is -2.49. The summed E-state index contributed by atoms with van der Waals surface area (Å²) in [4.78, 5) is 13.0. The molecule has 0 amide bonds. The van der Waals surface area contributed by atoms with Crippen molar-refractivity contribution in [2.75, 3.05) is 0 Å². The Morgan fingerprint density at radius 2 is 1.54 bits per heavy atom. The number of rotatable bonds is 0. The van der Waals surface area contributed by atoms with E-state index in [1.54, 1.807) is 24.3 Å². The molecule has 144 valence electrons. The lowest BCUT2D eigenvalue weighted by atomic mass is 9.64. The first-order chi connectivity index (χ1) is 13.4. The smallest absolute Gasteiger partial charge is 0.320 e. The first-order valence-corrected chi connectivity index (χ1v) is 8.94. The fraction of sp³-hybridized carbons (Fsp3) is 0.350. The van der Waals surface area contributed by atoms with Gasteiger partial charge in [0.2, 0.25) is 5.60 Å². The van der Waals surface area contributed by atoms with E-state index in [4.69, 9.17) is 14.2 Å². The summed E-state index contributed by atoms with van der Waals surface area (Å²) >= 11 is 0. The number of epoxide rings is 1. The molecule has 0 aromatic heterocycles. The van der Waals surface area contributed by atoms with Gasteiger partial charge in [-0.2, -0.15) is 0 Å². The van der Waals surface area contributed by atoms with Crippen LogP contribution in [0, 0.1) is 0 Å². The summed E-state index contributed by atoms with van der Waals surface area (Å²) in [6, 6.07) is 10.5. The maximum atomic E-state index is 13.0. The van der Waals surface area contributed by atoms with Gasteiger partial charge in [0.1, 0.15) is 29.8 Å². The summed E-state index contributed by atoms with van der Waals surface area (Å²) in [5.41, 5.74) is -3.89. The lowest BCUT2D eigenvalue weighted by Gasteiger charge is -2.51. The molecule has 28 heavy (non-hydrogen) atoms. The molecule has 8 heteroatoms. The van der Waals surface area contributed by atoms with Crippen LogP contribution in [-0.2, 0) is 9.53 Å². The van der Waals surface area contributed by atoms with Crippen molar-refractivity contribution in [3.05, 3.63) is 48.6 Å². The van der Waals surface area contributed by atoms with Gasteiger partial charge in [0.15, 0.2) is 17.5 Å². The second-order valence-corrected chi connectivity index (χ2v) is 7.61. The van der Waals surface area contributed by atoms with E-state index in [9.17, 15) is 25.2 Å². The maximum absolute atomic E-state index is 13.0. The summed E-state index contributed by atoms with van der Waals surface area (Å²) in [5.74, 6) is -2.15. The summed E-state index contributed by atoms with van der Waals surface area (Å²) in [6.45, 7) is 0. The average molecular weight is 384 g/mol. The topological polar surface area (TPSA) is 129 Å². The molecule has 2 aliphatic carbocycles. The Morgan fingerprint density at radius 3 is 2.18 bits per heavy atom. The number of benzene rings is 2. The van der Waals surface area contributed by atoms with Crippen LogP contribution in [0.15, 0.2) is 48.6 Å². The second-order valence-electron chi connectivity index (χ2n) is 7.61. The lowest BCUT2D eigenvalue weighted by molar-refractivity contribution is -0.271. The van der Waals surface area contributed by atoms with Gasteiger partial charge in [-0.05, 0) is 29.7 Å². The Morgan fingerprint density at radius 1 is 0.893 bits per heavy atom. The summed E-state index contributed by atoms with van der Waals surface area (Å²) in [6.07, 6.45) is -4.44. The standard InChI is InChI=1S/C20H16O8/c21-12-7-8-13(22)19-18(12,28-19)16(24)15(23)17(25)20(19)26-10-5-1-3-9-4-2-6-11(27-20)14(9)10/h1-8,12,15-17,21,23-25H/t12-,15-,16-,17+,18?,19-/m0/s1. The van der Waals surface area contributed by atoms with Crippen molar-refractivity contribution in [1.82, 2.24) is 0 Å². The van der Waals surface area contributed by atoms with Crippen LogP contribution in [-0.4, -0.2) is 67.6 Å². The van der Waals surface area contributed by atoms with E-state index in [0.29, 0.717) is 16.9 Å². The number of aliphatic hydroxyl groups is 4. The molecule has 4 N–H and O–H groups in total. The van der Waals surface area contributed by atoms with Crippen LogP contribution in [0.1, 0.15) is 0 Å². The van der Waals surface area contributed by atoms with Crippen molar-refractivity contribution in [3.63, 3.8) is 0 Å². The quantitative estimate of drug-likeness (QED) is 0.444.